The van der Waals surface area contributed by atoms with Crippen LogP contribution >= 0.6 is 0 Å². The molecule has 1 aliphatic rings. The van der Waals surface area contributed by atoms with E-state index in [-0.39, 0.29) is 18.3 Å². The maximum Gasteiger partial charge on any atom is 0.317 e. The fraction of sp³-hybridized carbons (Fsp3) is 0.917. The predicted molar refractivity (Wildman–Crippen MR) is 72.3 cm³/mol. The lowest BCUT2D eigenvalue weighted by molar-refractivity contribution is 0.208. The standard InChI is InChI=1S/C12H24N2O3S/c1-10-5-7-14(9-10)11(15)13-6-8-18(16,17)12(2,3)4/h10H,5-9H2,1-4H3,(H,13,15)/t10-/m1/s1. The van der Waals surface area contributed by atoms with Gasteiger partial charge in [-0.1, -0.05) is 6.92 Å². The zero-order valence-corrected chi connectivity index (χ0v) is 12.5. The van der Waals surface area contributed by atoms with E-state index in [1.807, 2.05) is 0 Å². The van der Waals surface area contributed by atoms with E-state index >= 15 is 0 Å². The summed E-state index contributed by atoms with van der Waals surface area (Å²) in [6.45, 7) is 8.84. The zero-order chi connectivity index (χ0) is 14.0. The lowest BCUT2D eigenvalue weighted by atomic mass is 10.2. The second-order valence-electron chi connectivity index (χ2n) is 6.00. The molecule has 0 aromatic carbocycles. The summed E-state index contributed by atoms with van der Waals surface area (Å²) in [4.78, 5) is 13.5. The van der Waals surface area contributed by atoms with Crippen molar-refractivity contribution in [2.75, 3.05) is 25.4 Å². The van der Waals surface area contributed by atoms with E-state index in [1.165, 1.54) is 0 Å². The molecule has 1 saturated heterocycles. The molecule has 2 amide bonds. The van der Waals surface area contributed by atoms with Gasteiger partial charge in [0.1, 0.15) is 0 Å². The van der Waals surface area contributed by atoms with Gasteiger partial charge in [-0.3, -0.25) is 0 Å². The highest BCUT2D eigenvalue weighted by Crippen LogP contribution is 2.16. The number of carbonyl (C=O) groups excluding carboxylic acids is 1. The summed E-state index contributed by atoms with van der Waals surface area (Å²) in [5.74, 6) is 0.528. The Bertz CT molecular complexity index is 398. The van der Waals surface area contributed by atoms with Gasteiger partial charge in [-0.25, -0.2) is 13.2 Å². The quantitative estimate of drug-likeness (QED) is 0.843. The smallest absolute Gasteiger partial charge is 0.317 e. The molecule has 0 radical (unpaired) electrons. The van der Waals surface area contributed by atoms with Crippen LogP contribution in [0.3, 0.4) is 0 Å². The van der Waals surface area contributed by atoms with Crippen LogP contribution in [0.25, 0.3) is 0 Å². The molecule has 0 saturated carbocycles. The molecular weight excluding hydrogens is 252 g/mol. The Hall–Kier alpha value is -0.780. The molecule has 0 unspecified atom stereocenters. The van der Waals surface area contributed by atoms with E-state index in [4.69, 9.17) is 0 Å². The minimum Gasteiger partial charge on any atom is -0.337 e. The van der Waals surface area contributed by atoms with Gasteiger partial charge < -0.3 is 10.2 Å². The number of sulfone groups is 1. The third-order valence-electron chi connectivity index (χ3n) is 3.29. The molecule has 1 aliphatic heterocycles. The number of hydrogen-bond donors (Lipinski definition) is 1. The van der Waals surface area contributed by atoms with Gasteiger partial charge in [-0.2, -0.15) is 0 Å². The van der Waals surface area contributed by atoms with Crippen molar-refractivity contribution in [2.45, 2.75) is 38.9 Å². The minimum atomic E-state index is -3.16. The Labute approximate surface area is 110 Å². The maximum atomic E-state index is 11.8. The highest BCUT2D eigenvalue weighted by atomic mass is 32.2. The van der Waals surface area contributed by atoms with Gasteiger partial charge in [0.2, 0.25) is 0 Å². The minimum absolute atomic E-state index is 0.00830. The van der Waals surface area contributed by atoms with Crippen molar-refractivity contribution in [3.8, 4) is 0 Å². The van der Waals surface area contributed by atoms with E-state index in [9.17, 15) is 13.2 Å². The van der Waals surface area contributed by atoms with Crippen LogP contribution in [0.15, 0.2) is 0 Å². The van der Waals surface area contributed by atoms with Crippen LogP contribution in [0.1, 0.15) is 34.1 Å². The maximum absolute atomic E-state index is 11.8. The summed E-state index contributed by atoms with van der Waals surface area (Å²) in [5.41, 5.74) is 0. The molecule has 1 atom stereocenters. The lowest BCUT2D eigenvalue weighted by Gasteiger charge is -2.20. The van der Waals surface area contributed by atoms with E-state index in [0.29, 0.717) is 5.92 Å². The number of rotatable bonds is 3. The van der Waals surface area contributed by atoms with Crippen molar-refractivity contribution in [1.29, 1.82) is 0 Å². The van der Waals surface area contributed by atoms with Gasteiger partial charge in [0.15, 0.2) is 9.84 Å². The number of hydrogen-bond acceptors (Lipinski definition) is 3. The number of nitrogens with zero attached hydrogens (tertiary/aromatic N) is 1. The molecule has 5 nitrogen and oxygen atoms in total. The van der Waals surface area contributed by atoms with Crippen molar-refractivity contribution in [3.63, 3.8) is 0 Å². The van der Waals surface area contributed by atoms with Crippen molar-refractivity contribution in [1.82, 2.24) is 10.2 Å². The average Bonchev–Trinajstić information content (AvgIpc) is 2.62. The van der Waals surface area contributed by atoms with Crippen molar-refractivity contribution in [2.24, 2.45) is 5.92 Å². The molecule has 1 heterocycles. The van der Waals surface area contributed by atoms with Gasteiger partial charge >= 0.3 is 6.03 Å². The molecular formula is C12H24N2O3S. The number of amides is 2. The second-order valence-corrected chi connectivity index (χ2v) is 8.87. The van der Waals surface area contributed by atoms with Crippen LogP contribution in [0.2, 0.25) is 0 Å². The van der Waals surface area contributed by atoms with Gasteiger partial charge in [-0.05, 0) is 33.1 Å². The molecule has 1 N–H and O–H groups in total. The molecule has 1 fully saturated rings. The summed E-state index contributed by atoms with van der Waals surface area (Å²) in [5, 5.41) is 2.68. The molecule has 6 heteroatoms. The van der Waals surface area contributed by atoms with Crippen LogP contribution in [-0.4, -0.2) is 49.5 Å². The Morgan fingerprint density at radius 2 is 2.00 bits per heavy atom. The Morgan fingerprint density at radius 1 is 1.39 bits per heavy atom. The molecule has 0 aromatic rings. The predicted octanol–water partition coefficient (Wildman–Crippen LogP) is 1.25. The molecule has 0 spiro atoms. The first kappa shape index (κ1) is 15.3. The van der Waals surface area contributed by atoms with Crippen LogP contribution in [0.4, 0.5) is 4.79 Å². The molecule has 106 valence electrons. The highest BCUT2D eigenvalue weighted by molar-refractivity contribution is 7.92. The largest absolute Gasteiger partial charge is 0.337 e. The van der Waals surface area contributed by atoms with Gasteiger partial charge in [0, 0.05) is 19.6 Å². The summed E-state index contributed by atoms with van der Waals surface area (Å²) in [6.07, 6.45) is 1.02. The second kappa shape index (κ2) is 5.47. The monoisotopic (exact) mass is 276 g/mol. The van der Waals surface area contributed by atoms with Crippen molar-refractivity contribution in [3.05, 3.63) is 0 Å². The highest BCUT2D eigenvalue weighted by Gasteiger charge is 2.29. The first-order valence-corrected chi connectivity index (χ1v) is 8.04. The van der Waals surface area contributed by atoms with E-state index in [0.717, 1.165) is 19.5 Å². The van der Waals surface area contributed by atoms with E-state index in [2.05, 4.69) is 12.2 Å². The lowest BCUT2D eigenvalue weighted by Crippen LogP contribution is -2.42. The SMILES string of the molecule is C[C@@H]1CCN(C(=O)NCCS(=O)(=O)C(C)(C)C)C1. The number of nitrogens with one attached hydrogen (secondary N) is 1. The number of carbonyl (C=O) groups is 1. The van der Waals surface area contributed by atoms with Crippen LogP contribution in [0, 0.1) is 5.92 Å². The molecule has 0 aromatic heterocycles. The fourth-order valence-corrected chi connectivity index (χ4v) is 2.81. The van der Waals surface area contributed by atoms with E-state index in [1.54, 1.807) is 25.7 Å². The topological polar surface area (TPSA) is 66.5 Å². The molecule has 0 aliphatic carbocycles. The third kappa shape index (κ3) is 3.86. The number of urea groups is 1. The Kier molecular flexibility index (Phi) is 4.64. The summed E-state index contributed by atoms with van der Waals surface area (Å²) in [7, 11) is -3.16. The summed E-state index contributed by atoms with van der Waals surface area (Å²) in [6, 6.07) is -0.150. The summed E-state index contributed by atoms with van der Waals surface area (Å²) < 4.78 is 22.9. The van der Waals surface area contributed by atoms with Crippen LogP contribution in [-0.2, 0) is 9.84 Å². The number of likely N-dealkylation sites (tertiary alicyclic amines) is 1. The normalized spacial score (nSPS) is 21.1. The Morgan fingerprint density at radius 3 is 2.44 bits per heavy atom. The third-order valence-corrected chi connectivity index (χ3v) is 5.90. The van der Waals surface area contributed by atoms with Crippen molar-refractivity contribution < 1.29 is 13.2 Å². The average molecular weight is 276 g/mol. The van der Waals surface area contributed by atoms with Crippen LogP contribution < -0.4 is 5.32 Å². The first-order chi connectivity index (χ1) is 8.13. The summed E-state index contributed by atoms with van der Waals surface area (Å²) >= 11 is 0. The fourth-order valence-electron chi connectivity index (χ4n) is 1.83. The Balaban J connectivity index is 2.37. The molecule has 18 heavy (non-hydrogen) atoms. The van der Waals surface area contributed by atoms with Gasteiger partial charge in [0.25, 0.3) is 0 Å². The van der Waals surface area contributed by atoms with Gasteiger partial charge in [-0.15, -0.1) is 0 Å². The first-order valence-electron chi connectivity index (χ1n) is 6.38. The zero-order valence-electron chi connectivity index (χ0n) is 11.7. The van der Waals surface area contributed by atoms with Crippen LogP contribution in [0.5, 0.6) is 0 Å². The molecule has 1 rings (SSSR count). The van der Waals surface area contributed by atoms with Gasteiger partial charge in [0.05, 0.1) is 10.5 Å². The molecule has 0 bridgehead atoms. The van der Waals surface area contributed by atoms with Crippen molar-refractivity contribution >= 4 is 15.9 Å². The van der Waals surface area contributed by atoms with E-state index < -0.39 is 14.6 Å².